The predicted octanol–water partition coefficient (Wildman–Crippen LogP) is 3.79. The number of thiazole rings is 1. The summed E-state index contributed by atoms with van der Waals surface area (Å²) in [5.41, 5.74) is 2.19. The van der Waals surface area contributed by atoms with Crippen molar-refractivity contribution < 1.29 is 14.3 Å². The minimum atomic E-state index is -0.177. The lowest BCUT2D eigenvalue weighted by Gasteiger charge is -2.11. The largest absolute Gasteiger partial charge is 0.497 e. The molecule has 1 aromatic carbocycles. The Bertz CT molecular complexity index is 942. The number of pyridine rings is 1. The van der Waals surface area contributed by atoms with Crippen LogP contribution in [0.25, 0.3) is 0 Å². The number of benzene rings is 1. The second-order valence-corrected chi connectivity index (χ2v) is 6.58. The normalized spacial score (nSPS) is 10.3. The number of aryl methyl sites for hydroxylation is 1. The quantitative estimate of drug-likeness (QED) is 0.645. The average molecular weight is 384 g/mol. The monoisotopic (exact) mass is 384 g/mol. The molecule has 8 heteroatoms. The molecule has 0 radical (unpaired) electrons. The molecule has 0 bridgehead atoms. The van der Waals surface area contributed by atoms with Crippen molar-refractivity contribution in [3.63, 3.8) is 0 Å². The van der Waals surface area contributed by atoms with E-state index in [2.05, 4.69) is 20.6 Å². The number of methoxy groups -OCH3 is 2. The van der Waals surface area contributed by atoms with E-state index in [0.717, 1.165) is 11.5 Å². The predicted molar refractivity (Wildman–Crippen MR) is 106 cm³/mol. The number of nitrogens with one attached hydrogen (secondary N) is 2. The first kappa shape index (κ1) is 18.7. The van der Waals surface area contributed by atoms with Crippen LogP contribution in [0.4, 0.5) is 16.6 Å². The molecule has 0 spiro atoms. The van der Waals surface area contributed by atoms with E-state index in [0.29, 0.717) is 28.0 Å². The summed E-state index contributed by atoms with van der Waals surface area (Å²) < 4.78 is 10.5. The molecule has 140 valence electrons. The maximum Gasteiger partial charge on any atom is 0.230 e. The molecule has 2 N–H and O–H groups in total. The van der Waals surface area contributed by atoms with Crippen LogP contribution in [0.3, 0.4) is 0 Å². The van der Waals surface area contributed by atoms with Crippen molar-refractivity contribution in [2.75, 3.05) is 24.9 Å². The van der Waals surface area contributed by atoms with Crippen molar-refractivity contribution in [3.05, 3.63) is 53.2 Å². The Labute approximate surface area is 161 Å². The third kappa shape index (κ3) is 4.95. The van der Waals surface area contributed by atoms with Gasteiger partial charge in [-0.05, 0) is 31.2 Å². The fraction of sp³-hybridized carbons (Fsp3) is 0.211. The van der Waals surface area contributed by atoms with Gasteiger partial charge in [0.2, 0.25) is 5.91 Å². The van der Waals surface area contributed by atoms with Crippen molar-refractivity contribution in [1.82, 2.24) is 9.97 Å². The van der Waals surface area contributed by atoms with E-state index < -0.39 is 0 Å². The lowest BCUT2D eigenvalue weighted by atomic mass is 10.2. The molecule has 0 unspecified atom stereocenters. The number of carbonyl (C=O) groups is 1. The summed E-state index contributed by atoms with van der Waals surface area (Å²) in [5.74, 6) is 1.74. The zero-order chi connectivity index (χ0) is 19.2. The van der Waals surface area contributed by atoms with Crippen LogP contribution < -0.4 is 20.1 Å². The van der Waals surface area contributed by atoms with Crippen molar-refractivity contribution in [1.29, 1.82) is 0 Å². The highest BCUT2D eigenvalue weighted by atomic mass is 32.1. The molecule has 0 aliphatic rings. The Morgan fingerprint density at radius 1 is 1.15 bits per heavy atom. The van der Waals surface area contributed by atoms with Crippen LogP contribution in [0.5, 0.6) is 11.5 Å². The molecule has 3 rings (SSSR count). The zero-order valence-corrected chi connectivity index (χ0v) is 16.1. The molecule has 0 aliphatic carbocycles. The Morgan fingerprint density at radius 3 is 2.74 bits per heavy atom. The fourth-order valence-corrected chi connectivity index (χ4v) is 3.15. The maximum atomic E-state index is 12.4. The first-order valence-corrected chi connectivity index (χ1v) is 9.12. The van der Waals surface area contributed by atoms with Gasteiger partial charge in [-0.15, -0.1) is 11.3 Å². The van der Waals surface area contributed by atoms with Crippen LogP contribution in [0.2, 0.25) is 0 Å². The number of ether oxygens (including phenoxy) is 2. The van der Waals surface area contributed by atoms with Gasteiger partial charge in [0.25, 0.3) is 0 Å². The van der Waals surface area contributed by atoms with Crippen LogP contribution in [0.15, 0.2) is 41.8 Å². The third-order valence-corrected chi connectivity index (χ3v) is 4.51. The number of aromatic nitrogens is 2. The molecular weight excluding hydrogens is 364 g/mol. The SMILES string of the molecule is COc1ccc(NC(=O)Cc2csc(Nc3cccc(C)n3)n2)c(OC)c1. The molecule has 0 saturated heterocycles. The van der Waals surface area contributed by atoms with E-state index in [1.54, 1.807) is 32.4 Å². The lowest BCUT2D eigenvalue weighted by molar-refractivity contribution is -0.115. The van der Waals surface area contributed by atoms with Gasteiger partial charge in [0.1, 0.15) is 17.3 Å². The fourth-order valence-electron chi connectivity index (χ4n) is 2.43. The average Bonchev–Trinajstić information content (AvgIpc) is 3.08. The molecule has 1 amide bonds. The summed E-state index contributed by atoms with van der Waals surface area (Å²) in [7, 11) is 3.12. The van der Waals surface area contributed by atoms with Crippen LogP contribution in [0.1, 0.15) is 11.4 Å². The van der Waals surface area contributed by atoms with E-state index in [9.17, 15) is 4.79 Å². The van der Waals surface area contributed by atoms with Crippen molar-refractivity contribution >= 4 is 33.9 Å². The number of carbonyl (C=O) groups excluding carboxylic acids is 1. The summed E-state index contributed by atoms with van der Waals surface area (Å²) in [6.45, 7) is 1.93. The van der Waals surface area contributed by atoms with Gasteiger partial charge in [0.15, 0.2) is 5.13 Å². The number of anilines is 3. The van der Waals surface area contributed by atoms with Crippen molar-refractivity contribution in [2.24, 2.45) is 0 Å². The number of hydrogen-bond acceptors (Lipinski definition) is 7. The molecule has 0 fully saturated rings. The number of rotatable bonds is 7. The summed E-state index contributed by atoms with van der Waals surface area (Å²) in [6, 6.07) is 10.9. The van der Waals surface area contributed by atoms with E-state index in [-0.39, 0.29) is 12.3 Å². The van der Waals surface area contributed by atoms with Crippen LogP contribution in [-0.4, -0.2) is 30.1 Å². The molecule has 2 aromatic heterocycles. The summed E-state index contributed by atoms with van der Waals surface area (Å²) >= 11 is 1.43. The zero-order valence-electron chi connectivity index (χ0n) is 15.3. The van der Waals surface area contributed by atoms with E-state index in [1.165, 1.54) is 11.3 Å². The lowest BCUT2D eigenvalue weighted by Crippen LogP contribution is -2.15. The second-order valence-electron chi connectivity index (χ2n) is 5.72. The minimum absolute atomic E-state index is 0.161. The summed E-state index contributed by atoms with van der Waals surface area (Å²) in [4.78, 5) is 21.2. The molecule has 0 saturated carbocycles. The number of hydrogen-bond donors (Lipinski definition) is 2. The van der Waals surface area contributed by atoms with E-state index in [4.69, 9.17) is 9.47 Å². The Balaban J connectivity index is 1.63. The minimum Gasteiger partial charge on any atom is -0.497 e. The molecule has 27 heavy (non-hydrogen) atoms. The van der Waals surface area contributed by atoms with Gasteiger partial charge in [0.05, 0.1) is 32.0 Å². The van der Waals surface area contributed by atoms with Gasteiger partial charge in [-0.1, -0.05) is 6.07 Å². The van der Waals surface area contributed by atoms with Crippen LogP contribution >= 0.6 is 11.3 Å². The van der Waals surface area contributed by atoms with E-state index >= 15 is 0 Å². The number of amides is 1. The Kier molecular flexibility index (Phi) is 5.87. The standard InChI is InChI=1S/C19H20N4O3S/c1-12-5-4-6-17(20-12)23-19-21-13(11-27-19)9-18(24)22-15-8-7-14(25-2)10-16(15)26-3/h4-8,10-11H,9H2,1-3H3,(H,22,24)(H,20,21,23). The Morgan fingerprint density at radius 2 is 2.00 bits per heavy atom. The van der Waals surface area contributed by atoms with Crippen LogP contribution in [0, 0.1) is 6.92 Å². The molecule has 0 atom stereocenters. The van der Waals surface area contributed by atoms with Crippen molar-refractivity contribution in [2.45, 2.75) is 13.3 Å². The summed E-state index contributed by atoms with van der Waals surface area (Å²) in [5, 5.41) is 8.53. The number of nitrogens with zero attached hydrogens (tertiary/aromatic N) is 2. The van der Waals surface area contributed by atoms with Crippen LogP contribution in [-0.2, 0) is 11.2 Å². The van der Waals surface area contributed by atoms with E-state index in [1.807, 2.05) is 30.5 Å². The molecule has 7 nitrogen and oxygen atoms in total. The highest BCUT2D eigenvalue weighted by Crippen LogP contribution is 2.29. The van der Waals surface area contributed by atoms with Gasteiger partial charge in [-0.25, -0.2) is 9.97 Å². The summed E-state index contributed by atoms with van der Waals surface area (Å²) in [6.07, 6.45) is 0.161. The first-order chi connectivity index (χ1) is 13.1. The van der Waals surface area contributed by atoms with Gasteiger partial charge in [0, 0.05) is 17.1 Å². The molecule has 2 heterocycles. The molecule has 0 aliphatic heterocycles. The second kappa shape index (κ2) is 8.50. The van der Waals surface area contributed by atoms with Gasteiger partial charge in [-0.3, -0.25) is 4.79 Å². The highest BCUT2D eigenvalue weighted by Gasteiger charge is 2.12. The molecule has 3 aromatic rings. The highest BCUT2D eigenvalue weighted by molar-refractivity contribution is 7.13. The smallest absolute Gasteiger partial charge is 0.230 e. The topological polar surface area (TPSA) is 85.4 Å². The molecular formula is C19H20N4O3S. The van der Waals surface area contributed by atoms with Gasteiger partial charge in [-0.2, -0.15) is 0 Å². The Hall–Kier alpha value is -3.13. The maximum absolute atomic E-state index is 12.4. The van der Waals surface area contributed by atoms with Gasteiger partial charge < -0.3 is 20.1 Å². The van der Waals surface area contributed by atoms with Crippen molar-refractivity contribution in [3.8, 4) is 11.5 Å². The third-order valence-electron chi connectivity index (χ3n) is 3.70. The van der Waals surface area contributed by atoms with Gasteiger partial charge >= 0.3 is 0 Å². The first-order valence-electron chi connectivity index (χ1n) is 8.24.